The van der Waals surface area contributed by atoms with Crippen LogP contribution in [-0.2, 0) is 0 Å². The second-order valence-electron chi connectivity index (χ2n) is 3.70. The first-order valence-electron chi connectivity index (χ1n) is 5.15. The fourth-order valence-electron chi connectivity index (χ4n) is 1.73. The van der Waals surface area contributed by atoms with Gasteiger partial charge in [-0.1, -0.05) is 18.2 Å². The Labute approximate surface area is 99.4 Å². The van der Waals surface area contributed by atoms with Crippen molar-refractivity contribution >= 4 is 11.4 Å². The molecule has 17 heavy (non-hydrogen) atoms. The lowest BCUT2D eigenvalue weighted by Crippen LogP contribution is -1.94. The van der Waals surface area contributed by atoms with Gasteiger partial charge in [0.25, 0.3) is 0 Å². The Morgan fingerprint density at radius 3 is 2.47 bits per heavy atom. The molecule has 0 aromatic heterocycles. The number of rotatable bonds is 2. The number of hydrogen-bond donors (Lipinski definition) is 3. The van der Waals surface area contributed by atoms with Crippen LogP contribution in [0.5, 0.6) is 11.5 Å². The monoisotopic (exact) mass is 230 g/mol. The molecule has 0 amide bonds. The van der Waals surface area contributed by atoms with Crippen LogP contribution in [0.4, 0.5) is 11.4 Å². The van der Waals surface area contributed by atoms with E-state index in [0.717, 1.165) is 5.56 Å². The maximum absolute atomic E-state index is 10.0. The zero-order valence-corrected chi connectivity index (χ0v) is 9.47. The largest absolute Gasteiger partial charge is 0.504 e. The zero-order chi connectivity index (χ0) is 12.4. The molecule has 0 fully saturated rings. The molecule has 0 radical (unpaired) electrons. The molecule has 0 aliphatic heterocycles. The van der Waals surface area contributed by atoms with E-state index in [2.05, 4.69) is 0 Å². The molecule has 0 heterocycles. The predicted molar refractivity (Wildman–Crippen MR) is 68.9 cm³/mol. The summed E-state index contributed by atoms with van der Waals surface area (Å²) in [5.41, 5.74) is 14.0. The summed E-state index contributed by atoms with van der Waals surface area (Å²) < 4.78 is 5.06. The lowest BCUT2D eigenvalue weighted by molar-refractivity contribution is 0.374. The standard InChI is InChI=1S/C13H14N2O2/c1-17-12-4-2-3-10(13(12)16)9-6-5-8(14)7-11(9)15/h2-7,16H,14-15H2,1H3. The van der Waals surface area contributed by atoms with Gasteiger partial charge in [-0.3, -0.25) is 0 Å². The first-order valence-corrected chi connectivity index (χ1v) is 5.15. The van der Waals surface area contributed by atoms with E-state index in [0.29, 0.717) is 22.7 Å². The third-order valence-corrected chi connectivity index (χ3v) is 2.58. The van der Waals surface area contributed by atoms with E-state index in [9.17, 15) is 5.11 Å². The number of aromatic hydroxyl groups is 1. The summed E-state index contributed by atoms with van der Waals surface area (Å²) in [6.07, 6.45) is 0. The molecule has 5 N–H and O–H groups in total. The van der Waals surface area contributed by atoms with Crippen molar-refractivity contribution < 1.29 is 9.84 Å². The average molecular weight is 230 g/mol. The van der Waals surface area contributed by atoms with Crippen LogP contribution in [0, 0.1) is 0 Å². The van der Waals surface area contributed by atoms with E-state index in [4.69, 9.17) is 16.2 Å². The molecule has 0 unspecified atom stereocenters. The Bertz CT molecular complexity index is 553. The molecule has 88 valence electrons. The van der Waals surface area contributed by atoms with Crippen LogP contribution >= 0.6 is 0 Å². The minimum atomic E-state index is 0.0754. The first-order chi connectivity index (χ1) is 8.13. The van der Waals surface area contributed by atoms with E-state index >= 15 is 0 Å². The van der Waals surface area contributed by atoms with Crippen LogP contribution in [-0.4, -0.2) is 12.2 Å². The number of anilines is 2. The second kappa shape index (κ2) is 4.25. The molecule has 4 heteroatoms. The minimum Gasteiger partial charge on any atom is -0.504 e. The molecule has 0 bridgehead atoms. The van der Waals surface area contributed by atoms with Gasteiger partial charge in [0.2, 0.25) is 0 Å². The molecular weight excluding hydrogens is 216 g/mol. The van der Waals surface area contributed by atoms with Crippen molar-refractivity contribution in [2.24, 2.45) is 0 Å². The lowest BCUT2D eigenvalue weighted by Gasteiger charge is -2.11. The van der Waals surface area contributed by atoms with Crippen LogP contribution in [0.2, 0.25) is 0 Å². The molecule has 0 saturated carbocycles. The highest BCUT2D eigenvalue weighted by molar-refractivity contribution is 5.83. The molecule has 4 nitrogen and oxygen atoms in total. The summed E-state index contributed by atoms with van der Waals surface area (Å²) in [5.74, 6) is 0.491. The number of nitrogen functional groups attached to an aromatic ring is 2. The van der Waals surface area contributed by atoms with Crippen molar-refractivity contribution in [3.05, 3.63) is 36.4 Å². The van der Waals surface area contributed by atoms with Gasteiger partial charge in [0.15, 0.2) is 11.5 Å². The highest BCUT2D eigenvalue weighted by Gasteiger charge is 2.11. The third-order valence-electron chi connectivity index (χ3n) is 2.58. The fraction of sp³-hybridized carbons (Fsp3) is 0.0769. The van der Waals surface area contributed by atoms with E-state index in [-0.39, 0.29) is 5.75 Å². The van der Waals surface area contributed by atoms with Gasteiger partial charge in [-0.25, -0.2) is 0 Å². The first kappa shape index (κ1) is 11.1. The van der Waals surface area contributed by atoms with E-state index < -0.39 is 0 Å². The maximum Gasteiger partial charge on any atom is 0.165 e. The predicted octanol–water partition coefficient (Wildman–Crippen LogP) is 2.23. The topological polar surface area (TPSA) is 81.5 Å². The number of para-hydroxylation sites is 1. The maximum atomic E-state index is 10.0. The number of benzene rings is 2. The van der Waals surface area contributed by atoms with Crippen molar-refractivity contribution in [3.8, 4) is 22.6 Å². The number of phenolic OH excluding ortho intramolecular Hbond substituents is 1. The van der Waals surface area contributed by atoms with Crippen LogP contribution in [0.25, 0.3) is 11.1 Å². The summed E-state index contributed by atoms with van der Waals surface area (Å²) in [6, 6.07) is 10.4. The van der Waals surface area contributed by atoms with Gasteiger partial charge < -0.3 is 21.3 Å². The van der Waals surface area contributed by atoms with Crippen LogP contribution < -0.4 is 16.2 Å². The number of ether oxygens (including phenoxy) is 1. The number of methoxy groups -OCH3 is 1. The number of phenols is 1. The van der Waals surface area contributed by atoms with E-state index in [1.54, 1.807) is 36.4 Å². The molecule has 2 rings (SSSR count). The van der Waals surface area contributed by atoms with Gasteiger partial charge in [0.05, 0.1) is 7.11 Å². The van der Waals surface area contributed by atoms with Crippen molar-refractivity contribution in [1.29, 1.82) is 0 Å². The molecule has 0 atom stereocenters. The number of nitrogens with two attached hydrogens (primary N) is 2. The Balaban J connectivity index is 2.60. The second-order valence-corrected chi connectivity index (χ2v) is 3.70. The van der Waals surface area contributed by atoms with Gasteiger partial charge in [-0.15, -0.1) is 0 Å². The summed E-state index contributed by atoms with van der Waals surface area (Å²) in [4.78, 5) is 0. The van der Waals surface area contributed by atoms with Gasteiger partial charge >= 0.3 is 0 Å². The highest BCUT2D eigenvalue weighted by atomic mass is 16.5. The number of hydrogen-bond acceptors (Lipinski definition) is 4. The van der Waals surface area contributed by atoms with Crippen LogP contribution in [0.1, 0.15) is 0 Å². The van der Waals surface area contributed by atoms with Gasteiger partial charge in [-0.2, -0.15) is 0 Å². The molecule has 0 saturated heterocycles. The summed E-state index contributed by atoms with van der Waals surface area (Å²) in [6.45, 7) is 0. The van der Waals surface area contributed by atoms with E-state index in [1.165, 1.54) is 7.11 Å². The minimum absolute atomic E-state index is 0.0754. The fourth-order valence-corrected chi connectivity index (χ4v) is 1.73. The van der Waals surface area contributed by atoms with Crippen molar-refractivity contribution in [3.63, 3.8) is 0 Å². The summed E-state index contributed by atoms with van der Waals surface area (Å²) in [7, 11) is 1.51. The van der Waals surface area contributed by atoms with Gasteiger partial charge in [0, 0.05) is 22.5 Å². The van der Waals surface area contributed by atoms with Crippen LogP contribution in [0.15, 0.2) is 36.4 Å². The SMILES string of the molecule is COc1cccc(-c2ccc(N)cc2N)c1O. The van der Waals surface area contributed by atoms with Gasteiger partial charge in [-0.05, 0) is 18.2 Å². The Morgan fingerprint density at radius 2 is 1.82 bits per heavy atom. The smallest absolute Gasteiger partial charge is 0.165 e. The average Bonchev–Trinajstić information content (AvgIpc) is 2.30. The van der Waals surface area contributed by atoms with Gasteiger partial charge in [0.1, 0.15) is 0 Å². The Kier molecular flexibility index (Phi) is 2.78. The van der Waals surface area contributed by atoms with Crippen molar-refractivity contribution in [2.75, 3.05) is 18.6 Å². The molecule has 0 aliphatic carbocycles. The quantitative estimate of drug-likeness (QED) is 0.691. The molecule has 2 aromatic carbocycles. The summed E-state index contributed by atoms with van der Waals surface area (Å²) >= 11 is 0. The van der Waals surface area contributed by atoms with E-state index in [1.807, 2.05) is 0 Å². The molecule has 2 aromatic rings. The third kappa shape index (κ3) is 1.97. The Morgan fingerprint density at radius 1 is 1.06 bits per heavy atom. The van der Waals surface area contributed by atoms with Crippen molar-refractivity contribution in [1.82, 2.24) is 0 Å². The molecule has 0 spiro atoms. The molecular formula is C13H14N2O2. The normalized spacial score (nSPS) is 10.2. The van der Waals surface area contributed by atoms with Crippen molar-refractivity contribution in [2.45, 2.75) is 0 Å². The summed E-state index contributed by atoms with van der Waals surface area (Å²) in [5, 5.41) is 10.0. The van der Waals surface area contributed by atoms with Crippen LogP contribution in [0.3, 0.4) is 0 Å². The Hall–Kier alpha value is -2.36. The highest BCUT2D eigenvalue weighted by Crippen LogP contribution is 2.39. The molecule has 0 aliphatic rings. The zero-order valence-electron chi connectivity index (χ0n) is 9.47. The lowest BCUT2D eigenvalue weighted by atomic mass is 10.0.